The normalized spacial score (nSPS) is 11.2. The number of carbonyl (C=O) groups excluding carboxylic acids is 3. The largest absolute Gasteiger partial charge is 0.443 e. The van der Waals surface area contributed by atoms with E-state index in [1.807, 2.05) is 0 Å². The fourth-order valence-electron chi connectivity index (χ4n) is 2.06. The number of aromatic nitrogens is 1. The summed E-state index contributed by atoms with van der Waals surface area (Å²) < 4.78 is 7.44. The van der Waals surface area contributed by atoms with Crippen LogP contribution in [0.15, 0.2) is 28.9 Å². The number of benzene rings is 1. The molecule has 0 aliphatic carbocycles. The quantitative estimate of drug-likeness (QED) is 0.726. The van der Waals surface area contributed by atoms with Gasteiger partial charge in [-0.3, -0.25) is 14.2 Å². The van der Waals surface area contributed by atoms with Crippen molar-refractivity contribution in [2.45, 2.75) is 26.4 Å². The van der Waals surface area contributed by atoms with Crippen molar-refractivity contribution >= 4 is 50.4 Å². The van der Waals surface area contributed by atoms with Gasteiger partial charge >= 0.3 is 17.9 Å². The number of rotatable bonds is 1. The Morgan fingerprint density at radius 2 is 1.83 bits per heavy atom. The SMILES string of the molecule is CNC(=O)C(=O)Nc1cn(C(=O)OC(C)(C)C)c2ccc(Br)cc12. The van der Waals surface area contributed by atoms with Gasteiger partial charge in [0.1, 0.15) is 5.60 Å². The zero-order valence-electron chi connectivity index (χ0n) is 13.8. The van der Waals surface area contributed by atoms with Gasteiger partial charge in [0.2, 0.25) is 0 Å². The van der Waals surface area contributed by atoms with Crippen molar-refractivity contribution in [2.24, 2.45) is 0 Å². The third kappa shape index (κ3) is 3.94. The number of nitrogens with zero attached hydrogens (tertiary/aromatic N) is 1. The first-order chi connectivity index (χ1) is 11.1. The van der Waals surface area contributed by atoms with Crippen molar-refractivity contribution < 1.29 is 19.1 Å². The maximum atomic E-state index is 12.4. The summed E-state index contributed by atoms with van der Waals surface area (Å²) >= 11 is 3.35. The van der Waals surface area contributed by atoms with E-state index in [0.29, 0.717) is 16.6 Å². The zero-order valence-corrected chi connectivity index (χ0v) is 15.4. The number of likely N-dealkylation sites (N-methyl/N-ethyl adjacent to an activating group) is 1. The molecule has 1 heterocycles. The van der Waals surface area contributed by atoms with Gasteiger partial charge < -0.3 is 15.4 Å². The monoisotopic (exact) mass is 395 g/mol. The predicted octanol–water partition coefficient (Wildman–Crippen LogP) is 2.87. The van der Waals surface area contributed by atoms with E-state index in [1.54, 1.807) is 39.0 Å². The molecule has 0 radical (unpaired) electrons. The Labute approximate surface area is 147 Å². The van der Waals surface area contributed by atoms with Gasteiger partial charge in [0, 0.05) is 23.1 Å². The number of hydrogen-bond donors (Lipinski definition) is 2. The standard InChI is InChI=1S/C16H18BrN3O4/c1-16(2,3)24-15(23)20-8-11(19-14(22)13(21)18-4)10-7-9(17)5-6-12(10)20/h5-8H,1-4H3,(H,18,21)(H,19,22). The molecule has 0 aliphatic heterocycles. The van der Waals surface area contributed by atoms with E-state index in [-0.39, 0.29) is 0 Å². The molecule has 8 heteroatoms. The maximum absolute atomic E-state index is 12.4. The van der Waals surface area contributed by atoms with Crippen LogP contribution in [-0.4, -0.2) is 35.1 Å². The van der Waals surface area contributed by atoms with Crippen LogP contribution >= 0.6 is 15.9 Å². The molecular formula is C16H18BrN3O4. The van der Waals surface area contributed by atoms with Gasteiger partial charge in [0.15, 0.2) is 0 Å². The molecule has 0 spiro atoms. The molecule has 1 aromatic carbocycles. The van der Waals surface area contributed by atoms with Crippen molar-refractivity contribution in [1.82, 2.24) is 9.88 Å². The van der Waals surface area contributed by atoms with Crippen LogP contribution in [0.4, 0.5) is 10.5 Å². The fourth-order valence-corrected chi connectivity index (χ4v) is 2.42. The lowest BCUT2D eigenvalue weighted by Gasteiger charge is -2.19. The first kappa shape index (κ1) is 18.0. The molecule has 2 rings (SSSR count). The highest BCUT2D eigenvalue weighted by molar-refractivity contribution is 9.10. The molecule has 0 bridgehead atoms. The molecule has 24 heavy (non-hydrogen) atoms. The molecule has 0 atom stereocenters. The number of carbonyl (C=O) groups is 3. The van der Waals surface area contributed by atoms with E-state index in [9.17, 15) is 14.4 Å². The Morgan fingerprint density at radius 3 is 2.42 bits per heavy atom. The molecule has 2 N–H and O–H groups in total. The van der Waals surface area contributed by atoms with E-state index in [1.165, 1.54) is 17.8 Å². The number of anilines is 1. The van der Waals surface area contributed by atoms with Crippen LogP contribution in [0.1, 0.15) is 20.8 Å². The highest BCUT2D eigenvalue weighted by Gasteiger charge is 2.22. The average molecular weight is 396 g/mol. The highest BCUT2D eigenvalue weighted by Crippen LogP contribution is 2.29. The zero-order chi connectivity index (χ0) is 18.1. The van der Waals surface area contributed by atoms with Crippen LogP contribution in [0.2, 0.25) is 0 Å². The summed E-state index contributed by atoms with van der Waals surface area (Å²) in [6.45, 7) is 5.30. The van der Waals surface area contributed by atoms with Crippen LogP contribution in [0, 0.1) is 0 Å². The van der Waals surface area contributed by atoms with Crippen LogP contribution in [0.3, 0.4) is 0 Å². The molecule has 7 nitrogen and oxygen atoms in total. The summed E-state index contributed by atoms with van der Waals surface area (Å²) in [5.74, 6) is -1.59. The number of amides is 2. The molecule has 0 saturated heterocycles. The molecule has 0 unspecified atom stereocenters. The number of ether oxygens (including phenoxy) is 1. The maximum Gasteiger partial charge on any atom is 0.419 e. The number of hydrogen-bond acceptors (Lipinski definition) is 4. The van der Waals surface area contributed by atoms with Crippen LogP contribution in [0.25, 0.3) is 10.9 Å². The Bertz CT molecular complexity index is 821. The summed E-state index contributed by atoms with van der Waals surface area (Å²) in [4.78, 5) is 35.6. The summed E-state index contributed by atoms with van der Waals surface area (Å²) in [5, 5.41) is 5.35. The summed E-state index contributed by atoms with van der Waals surface area (Å²) in [7, 11) is 1.36. The Morgan fingerprint density at radius 1 is 1.17 bits per heavy atom. The predicted molar refractivity (Wildman–Crippen MR) is 94.0 cm³/mol. The first-order valence-electron chi connectivity index (χ1n) is 7.19. The molecule has 0 fully saturated rings. The minimum Gasteiger partial charge on any atom is -0.443 e. The van der Waals surface area contributed by atoms with Crippen molar-refractivity contribution in [3.05, 3.63) is 28.9 Å². The first-order valence-corrected chi connectivity index (χ1v) is 7.98. The van der Waals surface area contributed by atoms with Gasteiger partial charge in [0.25, 0.3) is 0 Å². The number of halogens is 1. The lowest BCUT2D eigenvalue weighted by atomic mass is 10.2. The van der Waals surface area contributed by atoms with Crippen LogP contribution in [-0.2, 0) is 14.3 Å². The van der Waals surface area contributed by atoms with Crippen LogP contribution in [0.5, 0.6) is 0 Å². The summed E-state index contributed by atoms with van der Waals surface area (Å²) in [5.41, 5.74) is 0.236. The number of nitrogens with one attached hydrogen (secondary N) is 2. The lowest BCUT2D eigenvalue weighted by molar-refractivity contribution is -0.135. The van der Waals surface area contributed by atoms with E-state index < -0.39 is 23.5 Å². The minimum atomic E-state index is -0.819. The molecule has 0 aliphatic rings. The van der Waals surface area contributed by atoms with Gasteiger partial charge in [-0.2, -0.15) is 0 Å². The van der Waals surface area contributed by atoms with Gasteiger partial charge in [-0.25, -0.2) is 4.79 Å². The minimum absolute atomic E-state index is 0.339. The van der Waals surface area contributed by atoms with E-state index >= 15 is 0 Å². The lowest BCUT2D eigenvalue weighted by Crippen LogP contribution is -2.32. The molecule has 2 aromatic rings. The Hall–Kier alpha value is -2.35. The van der Waals surface area contributed by atoms with Crippen molar-refractivity contribution in [1.29, 1.82) is 0 Å². The topological polar surface area (TPSA) is 89.4 Å². The molecule has 0 saturated carbocycles. The highest BCUT2D eigenvalue weighted by atomic mass is 79.9. The summed E-state index contributed by atoms with van der Waals surface area (Å²) in [6, 6.07) is 5.24. The van der Waals surface area contributed by atoms with Crippen molar-refractivity contribution in [3.63, 3.8) is 0 Å². The smallest absolute Gasteiger partial charge is 0.419 e. The van der Waals surface area contributed by atoms with Gasteiger partial charge in [0.05, 0.1) is 11.2 Å². The van der Waals surface area contributed by atoms with E-state index in [2.05, 4.69) is 26.6 Å². The molecule has 1 aromatic heterocycles. The Balaban J connectivity index is 2.49. The van der Waals surface area contributed by atoms with Crippen molar-refractivity contribution in [2.75, 3.05) is 12.4 Å². The van der Waals surface area contributed by atoms with E-state index in [0.717, 1.165) is 4.47 Å². The van der Waals surface area contributed by atoms with E-state index in [4.69, 9.17) is 4.74 Å². The fraction of sp³-hybridized carbons (Fsp3) is 0.312. The molecular weight excluding hydrogens is 378 g/mol. The second kappa shape index (κ2) is 6.64. The van der Waals surface area contributed by atoms with Gasteiger partial charge in [-0.15, -0.1) is 0 Å². The average Bonchev–Trinajstić information content (AvgIpc) is 2.82. The second-order valence-corrected chi connectivity index (χ2v) is 7.00. The Kier molecular flexibility index (Phi) is 4.98. The van der Waals surface area contributed by atoms with Crippen LogP contribution < -0.4 is 10.6 Å². The third-order valence-electron chi connectivity index (χ3n) is 3.04. The van der Waals surface area contributed by atoms with Crippen molar-refractivity contribution in [3.8, 4) is 0 Å². The van der Waals surface area contributed by atoms with Gasteiger partial charge in [-0.1, -0.05) is 15.9 Å². The van der Waals surface area contributed by atoms with Gasteiger partial charge in [-0.05, 0) is 39.0 Å². The number of fused-ring (bicyclic) bond motifs is 1. The second-order valence-electron chi connectivity index (χ2n) is 6.09. The molecule has 2 amide bonds. The molecule has 128 valence electrons. The summed E-state index contributed by atoms with van der Waals surface area (Å²) in [6.07, 6.45) is 0.863. The third-order valence-corrected chi connectivity index (χ3v) is 3.53.